The number of aryl methyl sites for hydroxylation is 1. The molecule has 0 unspecified atom stereocenters. The van der Waals surface area contributed by atoms with E-state index in [0.717, 1.165) is 41.5 Å². The average Bonchev–Trinajstić information content (AvgIpc) is 2.94. The van der Waals surface area contributed by atoms with E-state index in [1.54, 1.807) is 11.3 Å². The monoisotopic (exact) mass is 251 g/mol. The van der Waals surface area contributed by atoms with Crippen molar-refractivity contribution in [2.75, 3.05) is 0 Å². The van der Waals surface area contributed by atoms with Crippen molar-refractivity contribution < 1.29 is 0 Å². The maximum absolute atomic E-state index is 6.37. The number of fused-ring (bicyclic) bond motifs is 1. The van der Waals surface area contributed by atoms with E-state index in [1.807, 2.05) is 4.52 Å². The Balaban J connectivity index is 1.88. The van der Waals surface area contributed by atoms with E-state index in [1.165, 1.54) is 12.8 Å². The quantitative estimate of drug-likeness (QED) is 0.899. The highest BCUT2D eigenvalue weighted by molar-refractivity contribution is 7.16. The minimum absolute atomic E-state index is 0.0321. The van der Waals surface area contributed by atoms with Crippen LogP contribution in [0.3, 0.4) is 0 Å². The van der Waals surface area contributed by atoms with Crippen LogP contribution in [-0.2, 0) is 12.8 Å². The number of nitrogens with zero attached hydrogens (tertiary/aromatic N) is 4. The van der Waals surface area contributed by atoms with Gasteiger partial charge in [-0.25, -0.2) is 0 Å². The molecule has 1 aliphatic carbocycles. The standard InChI is InChI=1S/C11H17N5S/c1-2-8-13-14-10-16(8)15-9(17-10)7-11(12)5-3-4-6-11/h2-7,12H2,1H3. The van der Waals surface area contributed by atoms with Gasteiger partial charge in [-0.05, 0) is 12.8 Å². The van der Waals surface area contributed by atoms with Crippen LogP contribution in [0.15, 0.2) is 0 Å². The zero-order valence-electron chi connectivity index (χ0n) is 10.0. The maximum Gasteiger partial charge on any atom is 0.234 e. The molecular weight excluding hydrogens is 234 g/mol. The molecule has 0 radical (unpaired) electrons. The first-order valence-electron chi connectivity index (χ1n) is 6.19. The molecule has 3 rings (SSSR count). The van der Waals surface area contributed by atoms with Crippen LogP contribution < -0.4 is 5.73 Å². The van der Waals surface area contributed by atoms with E-state index in [0.29, 0.717) is 0 Å². The summed E-state index contributed by atoms with van der Waals surface area (Å²) < 4.78 is 1.86. The molecule has 0 aliphatic heterocycles. The topological polar surface area (TPSA) is 69.1 Å². The van der Waals surface area contributed by atoms with Crippen LogP contribution in [0.4, 0.5) is 0 Å². The molecule has 2 heterocycles. The van der Waals surface area contributed by atoms with Crippen LogP contribution in [0.25, 0.3) is 4.96 Å². The van der Waals surface area contributed by atoms with Gasteiger partial charge in [0.2, 0.25) is 4.96 Å². The molecule has 92 valence electrons. The minimum atomic E-state index is -0.0321. The summed E-state index contributed by atoms with van der Waals surface area (Å²) in [6.45, 7) is 2.07. The van der Waals surface area contributed by atoms with E-state index >= 15 is 0 Å². The van der Waals surface area contributed by atoms with Crippen molar-refractivity contribution in [2.45, 2.75) is 51.0 Å². The van der Waals surface area contributed by atoms with Crippen LogP contribution in [0.1, 0.15) is 43.4 Å². The molecule has 6 heteroatoms. The lowest BCUT2D eigenvalue weighted by molar-refractivity contribution is 0.433. The summed E-state index contributed by atoms with van der Waals surface area (Å²) in [6.07, 6.45) is 6.48. The van der Waals surface area contributed by atoms with E-state index < -0.39 is 0 Å². The van der Waals surface area contributed by atoms with Gasteiger partial charge in [-0.15, -0.1) is 10.2 Å². The second-order valence-corrected chi connectivity index (χ2v) is 5.95. The molecule has 0 amide bonds. The summed E-state index contributed by atoms with van der Waals surface area (Å²) >= 11 is 1.62. The molecule has 1 aliphatic rings. The lowest BCUT2D eigenvalue weighted by atomic mass is 9.95. The fourth-order valence-electron chi connectivity index (χ4n) is 2.55. The Hall–Kier alpha value is -1.01. The number of aromatic nitrogens is 4. The van der Waals surface area contributed by atoms with E-state index in [-0.39, 0.29) is 5.54 Å². The Morgan fingerprint density at radius 1 is 1.35 bits per heavy atom. The molecule has 0 saturated heterocycles. The predicted octanol–water partition coefficient (Wildman–Crippen LogP) is 1.56. The molecular formula is C11H17N5S. The molecule has 2 aromatic rings. The molecule has 1 fully saturated rings. The summed E-state index contributed by atoms with van der Waals surface area (Å²) in [7, 11) is 0. The third-order valence-corrected chi connectivity index (χ3v) is 4.41. The molecule has 0 aromatic carbocycles. The van der Waals surface area contributed by atoms with Crippen molar-refractivity contribution >= 4 is 16.3 Å². The normalized spacial score (nSPS) is 19.2. The largest absolute Gasteiger partial charge is 0.325 e. The van der Waals surface area contributed by atoms with Crippen molar-refractivity contribution in [3.63, 3.8) is 0 Å². The van der Waals surface area contributed by atoms with Crippen LogP contribution in [0.2, 0.25) is 0 Å². The molecule has 2 aromatic heterocycles. The van der Waals surface area contributed by atoms with Crippen molar-refractivity contribution in [2.24, 2.45) is 5.73 Å². The first-order chi connectivity index (χ1) is 8.20. The molecule has 0 bridgehead atoms. The molecule has 5 nitrogen and oxygen atoms in total. The summed E-state index contributed by atoms with van der Waals surface area (Å²) in [5.74, 6) is 0.931. The van der Waals surface area contributed by atoms with Gasteiger partial charge in [0.1, 0.15) is 5.01 Å². The lowest BCUT2D eigenvalue weighted by Gasteiger charge is -2.21. The van der Waals surface area contributed by atoms with E-state index in [2.05, 4.69) is 22.2 Å². The SMILES string of the molecule is CCc1nnc2sc(CC3(N)CCCC3)nn12. The molecule has 0 atom stereocenters. The summed E-state index contributed by atoms with van der Waals surface area (Å²) in [5.41, 5.74) is 6.34. The lowest BCUT2D eigenvalue weighted by Crippen LogP contribution is -2.38. The Bertz CT molecular complexity index is 523. The third-order valence-electron chi connectivity index (χ3n) is 3.52. The van der Waals surface area contributed by atoms with Gasteiger partial charge in [-0.3, -0.25) is 0 Å². The van der Waals surface area contributed by atoms with Crippen molar-refractivity contribution in [3.8, 4) is 0 Å². The third kappa shape index (κ3) is 1.95. The van der Waals surface area contributed by atoms with Crippen LogP contribution in [0.5, 0.6) is 0 Å². The van der Waals surface area contributed by atoms with Gasteiger partial charge in [0.15, 0.2) is 5.82 Å². The molecule has 1 saturated carbocycles. The minimum Gasteiger partial charge on any atom is -0.325 e. The van der Waals surface area contributed by atoms with E-state index in [9.17, 15) is 0 Å². The highest BCUT2D eigenvalue weighted by atomic mass is 32.1. The number of rotatable bonds is 3. The van der Waals surface area contributed by atoms with E-state index in [4.69, 9.17) is 5.73 Å². The van der Waals surface area contributed by atoms with Crippen molar-refractivity contribution in [1.29, 1.82) is 0 Å². The summed E-state index contributed by atoms with van der Waals surface area (Å²) in [6, 6.07) is 0. The Kier molecular flexibility index (Phi) is 2.63. The first-order valence-corrected chi connectivity index (χ1v) is 7.01. The van der Waals surface area contributed by atoms with Gasteiger partial charge < -0.3 is 5.73 Å². The highest BCUT2D eigenvalue weighted by Gasteiger charge is 2.31. The molecule has 0 spiro atoms. The number of nitrogens with two attached hydrogens (primary N) is 1. The van der Waals surface area contributed by atoms with Crippen LogP contribution in [0, 0.1) is 0 Å². The fraction of sp³-hybridized carbons (Fsp3) is 0.727. The molecule has 2 N–H and O–H groups in total. The van der Waals surface area contributed by atoms with Gasteiger partial charge in [-0.2, -0.15) is 9.61 Å². The van der Waals surface area contributed by atoms with Crippen molar-refractivity contribution in [3.05, 3.63) is 10.8 Å². The summed E-state index contributed by atoms with van der Waals surface area (Å²) in [4.78, 5) is 0.887. The second kappa shape index (κ2) is 4.03. The predicted molar refractivity (Wildman–Crippen MR) is 67.1 cm³/mol. The first kappa shape index (κ1) is 11.1. The smallest absolute Gasteiger partial charge is 0.234 e. The Morgan fingerprint density at radius 2 is 2.12 bits per heavy atom. The Labute approximate surface area is 104 Å². The number of hydrogen-bond acceptors (Lipinski definition) is 5. The van der Waals surface area contributed by atoms with Gasteiger partial charge in [0.05, 0.1) is 0 Å². The molecule has 17 heavy (non-hydrogen) atoms. The fourth-order valence-corrected chi connectivity index (χ4v) is 3.55. The Morgan fingerprint density at radius 3 is 2.82 bits per heavy atom. The zero-order chi connectivity index (χ0) is 11.9. The van der Waals surface area contributed by atoms with Crippen LogP contribution in [-0.4, -0.2) is 25.4 Å². The second-order valence-electron chi connectivity index (χ2n) is 4.91. The average molecular weight is 251 g/mol. The van der Waals surface area contributed by atoms with Gasteiger partial charge >= 0.3 is 0 Å². The summed E-state index contributed by atoms with van der Waals surface area (Å²) in [5, 5.41) is 13.9. The highest BCUT2D eigenvalue weighted by Crippen LogP contribution is 2.31. The van der Waals surface area contributed by atoms with Gasteiger partial charge in [-0.1, -0.05) is 31.1 Å². The van der Waals surface area contributed by atoms with Gasteiger partial charge in [0, 0.05) is 18.4 Å². The maximum atomic E-state index is 6.37. The zero-order valence-corrected chi connectivity index (χ0v) is 10.8. The van der Waals surface area contributed by atoms with Gasteiger partial charge in [0.25, 0.3) is 0 Å². The van der Waals surface area contributed by atoms with Crippen molar-refractivity contribution in [1.82, 2.24) is 19.8 Å². The van der Waals surface area contributed by atoms with Crippen LogP contribution >= 0.6 is 11.3 Å². The number of hydrogen-bond donors (Lipinski definition) is 1.